The Morgan fingerprint density at radius 1 is 1.00 bits per heavy atom. The van der Waals surface area contributed by atoms with E-state index in [4.69, 9.17) is 17.3 Å². The minimum absolute atomic E-state index is 0.339. The van der Waals surface area contributed by atoms with Gasteiger partial charge in [-0.1, -0.05) is 29.8 Å². The number of fused-ring (bicyclic) bond motifs is 1. The van der Waals surface area contributed by atoms with Crippen LogP contribution in [0.25, 0.3) is 28.0 Å². The molecule has 0 aliphatic carbocycles. The molecule has 2 aromatic carbocycles. The molecule has 0 atom stereocenters. The van der Waals surface area contributed by atoms with Crippen molar-refractivity contribution in [3.05, 3.63) is 89.5 Å². The maximum absolute atomic E-state index is 13.5. The van der Waals surface area contributed by atoms with Crippen LogP contribution in [0, 0.1) is 5.82 Å². The van der Waals surface area contributed by atoms with Crippen LogP contribution in [-0.2, 0) is 6.54 Å². The van der Waals surface area contributed by atoms with Gasteiger partial charge < -0.3 is 11.1 Å². The number of hydrogen-bond donors (Lipinski definition) is 2. The van der Waals surface area contributed by atoms with Crippen molar-refractivity contribution < 1.29 is 4.39 Å². The molecule has 3 aromatic heterocycles. The van der Waals surface area contributed by atoms with Crippen molar-refractivity contribution >= 4 is 34.4 Å². The minimum atomic E-state index is -0.339. The molecular weight excluding hydrogens is 429 g/mol. The number of nitrogens with zero attached hydrogens (tertiary/aromatic N) is 5. The summed E-state index contributed by atoms with van der Waals surface area (Å²) < 4.78 is 15.1. The monoisotopic (exact) mass is 445 g/mol. The smallest absolute Gasteiger partial charge is 0.225 e. The molecule has 32 heavy (non-hydrogen) atoms. The van der Waals surface area contributed by atoms with E-state index in [1.54, 1.807) is 35.3 Å². The lowest BCUT2D eigenvalue weighted by atomic mass is 10.1. The third-order valence-electron chi connectivity index (χ3n) is 4.94. The van der Waals surface area contributed by atoms with Crippen LogP contribution in [0.4, 0.5) is 16.2 Å². The number of nitrogens with one attached hydrogen (secondary N) is 1. The fourth-order valence-corrected chi connectivity index (χ4v) is 3.61. The Morgan fingerprint density at radius 3 is 2.56 bits per heavy atom. The SMILES string of the molecule is Nc1c2c(-c3ccc(F)cc3)nc(NCc3cccnc3)nc2nn1-c1ccccc1Cl. The summed E-state index contributed by atoms with van der Waals surface area (Å²) in [6.45, 7) is 0.475. The molecule has 0 spiro atoms. The van der Waals surface area contributed by atoms with E-state index in [9.17, 15) is 4.39 Å². The van der Waals surface area contributed by atoms with Gasteiger partial charge in [0.25, 0.3) is 0 Å². The maximum atomic E-state index is 13.5. The van der Waals surface area contributed by atoms with E-state index in [0.29, 0.717) is 51.3 Å². The van der Waals surface area contributed by atoms with Crippen LogP contribution >= 0.6 is 11.6 Å². The summed E-state index contributed by atoms with van der Waals surface area (Å²) in [7, 11) is 0. The molecule has 0 bridgehead atoms. The van der Waals surface area contributed by atoms with Crippen molar-refractivity contribution in [3.8, 4) is 16.9 Å². The van der Waals surface area contributed by atoms with Gasteiger partial charge in [-0.15, -0.1) is 5.10 Å². The molecule has 0 saturated carbocycles. The van der Waals surface area contributed by atoms with Crippen LogP contribution in [0.15, 0.2) is 73.1 Å². The topological polar surface area (TPSA) is 94.5 Å². The number of hydrogen-bond acceptors (Lipinski definition) is 6. The summed E-state index contributed by atoms with van der Waals surface area (Å²) in [4.78, 5) is 13.3. The van der Waals surface area contributed by atoms with E-state index in [0.717, 1.165) is 5.56 Å². The maximum Gasteiger partial charge on any atom is 0.225 e. The Labute approximate surface area is 187 Å². The standard InChI is InChI=1S/C23H17ClFN7/c24-17-5-1-2-6-18(17)32-21(26)19-20(15-7-9-16(25)10-8-15)29-23(30-22(19)31-32)28-13-14-4-3-11-27-12-14/h1-12H,13,26H2,(H,28,30,31). The van der Waals surface area contributed by atoms with E-state index in [2.05, 4.69) is 25.4 Å². The molecule has 0 saturated heterocycles. The second kappa shape index (κ2) is 8.24. The van der Waals surface area contributed by atoms with Gasteiger partial charge in [0.1, 0.15) is 11.6 Å². The fraction of sp³-hybridized carbons (Fsp3) is 0.0435. The zero-order valence-corrected chi connectivity index (χ0v) is 17.5. The van der Waals surface area contributed by atoms with Crippen molar-refractivity contribution in [2.24, 2.45) is 0 Å². The molecule has 9 heteroatoms. The summed E-state index contributed by atoms with van der Waals surface area (Å²) in [5.41, 5.74) is 9.70. The molecule has 0 fully saturated rings. The van der Waals surface area contributed by atoms with Crippen molar-refractivity contribution in [2.45, 2.75) is 6.54 Å². The van der Waals surface area contributed by atoms with Crippen LogP contribution in [0.2, 0.25) is 5.02 Å². The number of nitrogen functional groups attached to an aromatic ring is 1. The van der Waals surface area contributed by atoms with Gasteiger partial charge in [0.2, 0.25) is 5.95 Å². The highest BCUT2D eigenvalue weighted by Crippen LogP contribution is 2.34. The van der Waals surface area contributed by atoms with Crippen LogP contribution in [0.3, 0.4) is 0 Å². The number of nitrogens with two attached hydrogens (primary N) is 1. The first-order valence-electron chi connectivity index (χ1n) is 9.80. The molecule has 0 unspecified atom stereocenters. The van der Waals surface area contributed by atoms with Crippen molar-refractivity contribution in [1.29, 1.82) is 0 Å². The summed E-state index contributed by atoms with van der Waals surface area (Å²) in [6, 6.07) is 17.1. The van der Waals surface area contributed by atoms with E-state index < -0.39 is 0 Å². The van der Waals surface area contributed by atoms with Gasteiger partial charge >= 0.3 is 0 Å². The number of benzene rings is 2. The second-order valence-electron chi connectivity index (χ2n) is 7.06. The van der Waals surface area contributed by atoms with E-state index in [1.807, 2.05) is 30.3 Å². The van der Waals surface area contributed by atoms with Crippen LogP contribution in [0.5, 0.6) is 0 Å². The number of para-hydroxylation sites is 1. The van der Waals surface area contributed by atoms with Gasteiger partial charge in [-0.05, 0) is 48.0 Å². The molecule has 0 aliphatic rings. The zero-order valence-electron chi connectivity index (χ0n) is 16.7. The lowest BCUT2D eigenvalue weighted by Crippen LogP contribution is -2.05. The minimum Gasteiger partial charge on any atom is -0.383 e. The Kier molecular flexibility index (Phi) is 5.12. The zero-order chi connectivity index (χ0) is 22.1. The molecule has 158 valence electrons. The highest BCUT2D eigenvalue weighted by molar-refractivity contribution is 6.32. The Hall–Kier alpha value is -4.04. The first-order valence-corrected chi connectivity index (χ1v) is 10.2. The Balaban J connectivity index is 1.66. The molecule has 5 aromatic rings. The van der Waals surface area contributed by atoms with Gasteiger partial charge in [-0.3, -0.25) is 4.98 Å². The Morgan fingerprint density at radius 2 is 1.81 bits per heavy atom. The van der Waals surface area contributed by atoms with Gasteiger partial charge in [0.15, 0.2) is 5.65 Å². The number of rotatable bonds is 5. The normalized spacial score (nSPS) is 11.1. The fourth-order valence-electron chi connectivity index (χ4n) is 3.40. The molecule has 7 nitrogen and oxygen atoms in total. The third kappa shape index (κ3) is 3.72. The summed E-state index contributed by atoms with van der Waals surface area (Å²) in [5.74, 6) is 0.365. The predicted octanol–water partition coefficient (Wildman–Crippen LogP) is 4.86. The van der Waals surface area contributed by atoms with Crippen LogP contribution in [0.1, 0.15) is 5.56 Å². The average Bonchev–Trinajstić information content (AvgIpc) is 3.15. The van der Waals surface area contributed by atoms with E-state index in [1.165, 1.54) is 12.1 Å². The number of aromatic nitrogens is 5. The number of halogens is 2. The van der Waals surface area contributed by atoms with Gasteiger partial charge in [0, 0.05) is 24.5 Å². The molecule has 5 rings (SSSR count). The van der Waals surface area contributed by atoms with Gasteiger partial charge in [-0.2, -0.15) is 4.98 Å². The van der Waals surface area contributed by atoms with E-state index >= 15 is 0 Å². The van der Waals surface area contributed by atoms with Crippen molar-refractivity contribution in [1.82, 2.24) is 24.7 Å². The van der Waals surface area contributed by atoms with Crippen molar-refractivity contribution in [2.75, 3.05) is 11.1 Å². The highest BCUT2D eigenvalue weighted by Gasteiger charge is 2.20. The lowest BCUT2D eigenvalue weighted by Gasteiger charge is -2.09. The third-order valence-corrected chi connectivity index (χ3v) is 5.26. The summed E-state index contributed by atoms with van der Waals surface area (Å²) in [5, 5.41) is 8.85. The van der Waals surface area contributed by atoms with Crippen molar-refractivity contribution in [3.63, 3.8) is 0 Å². The summed E-state index contributed by atoms with van der Waals surface area (Å²) in [6.07, 6.45) is 3.47. The first-order chi connectivity index (χ1) is 15.6. The Bertz CT molecular complexity index is 1400. The molecular formula is C23H17ClFN7. The summed E-state index contributed by atoms with van der Waals surface area (Å²) >= 11 is 6.37. The average molecular weight is 446 g/mol. The molecule has 0 amide bonds. The van der Waals surface area contributed by atoms with Crippen LogP contribution < -0.4 is 11.1 Å². The largest absolute Gasteiger partial charge is 0.383 e. The molecule has 3 N–H and O–H groups in total. The van der Waals surface area contributed by atoms with E-state index in [-0.39, 0.29) is 5.82 Å². The van der Waals surface area contributed by atoms with Gasteiger partial charge in [-0.25, -0.2) is 14.1 Å². The molecule has 0 radical (unpaired) electrons. The quantitative estimate of drug-likeness (QED) is 0.401. The molecule has 0 aliphatic heterocycles. The lowest BCUT2D eigenvalue weighted by molar-refractivity contribution is 0.628. The predicted molar refractivity (Wildman–Crippen MR) is 123 cm³/mol. The molecule has 3 heterocycles. The highest BCUT2D eigenvalue weighted by atomic mass is 35.5. The van der Waals surface area contributed by atoms with Gasteiger partial charge in [0.05, 0.1) is 21.8 Å². The second-order valence-corrected chi connectivity index (χ2v) is 7.47. The number of anilines is 2. The first kappa shape index (κ1) is 19.9. The van der Waals surface area contributed by atoms with Crippen LogP contribution in [-0.4, -0.2) is 24.7 Å². The number of pyridine rings is 1.